The fourth-order valence-electron chi connectivity index (χ4n) is 2.80. The molecule has 0 heterocycles. The van der Waals surface area contributed by atoms with Crippen LogP contribution in [0.2, 0.25) is 0 Å². The summed E-state index contributed by atoms with van der Waals surface area (Å²) in [6.45, 7) is 1.36. The van der Waals surface area contributed by atoms with Gasteiger partial charge in [0.25, 0.3) is 0 Å². The Morgan fingerprint density at radius 2 is 1.27 bits per heavy atom. The van der Waals surface area contributed by atoms with Gasteiger partial charge in [0.2, 0.25) is 21.8 Å². The lowest BCUT2D eigenvalue weighted by Gasteiger charge is -2.19. The molecular formula is C22H21N3O4S. The molecule has 0 saturated carbocycles. The molecule has 154 valence electrons. The van der Waals surface area contributed by atoms with Gasteiger partial charge in [-0.15, -0.1) is 0 Å². The van der Waals surface area contributed by atoms with E-state index in [-0.39, 0.29) is 10.8 Å². The second-order valence-electron chi connectivity index (χ2n) is 6.53. The number of nitrogens with one attached hydrogen (secondary N) is 3. The number of rotatable bonds is 7. The minimum atomic E-state index is -4.01. The van der Waals surface area contributed by atoms with Crippen LogP contribution in [0.1, 0.15) is 18.5 Å². The molecule has 3 N–H and O–H groups in total. The Morgan fingerprint density at radius 3 is 1.83 bits per heavy atom. The van der Waals surface area contributed by atoms with E-state index in [0.717, 1.165) is 0 Å². The third-order valence-electron chi connectivity index (χ3n) is 4.19. The quantitative estimate of drug-likeness (QED) is 0.542. The van der Waals surface area contributed by atoms with E-state index in [1.807, 2.05) is 6.07 Å². The van der Waals surface area contributed by atoms with Gasteiger partial charge in [-0.25, -0.2) is 8.42 Å². The maximum atomic E-state index is 12.9. The second kappa shape index (κ2) is 9.34. The van der Waals surface area contributed by atoms with E-state index in [1.54, 1.807) is 54.6 Å². The highest BCUT2D eigenvalue weighted by molar-refractivity contribution is 7.89. The fourth-order valence-corrected chi connectivity index (χ4v) is 3.98. The van der Waals surface area contributed by atoms with E-state index < -0.39 is 22.0 Å². The molecule has 30 heavy (non-hydrogen) atoms. The molecule has 1 atom stereocenters. The smallest absolute Gasteiger partial charge is 0.247 e. The van der Waals surface area contributed by atoms with Crippen LogP contribution in [-0.2, 0) is 19.6 Å². The summed E-state index contributed by atoms with van der Waals surface area (Å²) in [5, 5.41) is 5.31. The molecule has 0 radical (unpaired) electrons. The number of amides is 2. The van der Waals surface area contributed by atoms with E-state index in [0.29, 0.717) is 16.9 Å². The first-order valence-corrected chi connectivity index (χ1v) is 10.6. The summed E-state index contributed by atoms with van der Waals surface area (Å²) in [4.78, 5) is 24.0. The number of hydrogen-bond donors (Lipinski definition) is 3. The number of carbonyl (C=O) groups excluding carboxylic acids is 2. The van der Waals surface area contributed by atoms with Crippen molar-refractivity contribution in [1.29, 1.82) is 0 Å². The number of para-hydroxylation sites is 1. The van der Waals surface area contributed by atoms with Crippen molar-refractivity contribution in [3.05, 3.63) is 90.5 Å². The van der Waals surface area contributed by atoms with Crippen LogP contribution in [0.4, 0.5) is 11.4 Å². The zero-order chi connectivity index (χ0) is 21.6. The summed E-state index contributed by atoms with van der Waals surface area (Å²) in [7, 11) is -4.01. The van der Waals surface area contributed by atoms with Gasteiger partial charge in [0.1, 0.15) is 6.04 Å². The predicted octanol–water partition coefficient (Wildman–Crippen LogP) is 3.30. The van der Waals surface area contributed by atoms with Gasteiger partial charge >= 0.3 is 0 Å². The monoisotopic (exact) mass is 423 g/mol. The molecule has 2 amide bonds. The fraction of sp³-hybridized carbons (Fsp3) is 0.0909. The molecule has 0 aliphatic carbocycles. The van der Waals surface area contributed by atoms with Crippen LogP contribution in [0.25, 0.3) is 0 Å². The Balaban J connectivity index is 1.86. The molecule has 3 aromatic carbocycles. The molecule has 0 unspecified atom stereocenters. The van der Waals surface area contributed by atoms with Crippen LogP contribution >= 0.6 is 0 Å². The zero-order valence-corrected chi connectivity index (χ0v) is 17.0. The minimum absolute atomic E-state index is 0.0231. The third-order valence-corrected chi connectivity index (χ3v) is 5.63. The van der Waals surface area contributed by atoms with Crippen LogP contribution in [0, 0.1) is 0 Å². The number of benzene rings is 3. The van der Waals surface area contributed by atoms with E-state index in [1.165, 1.54) is 31.2 Å². The Kier molecular flexibility index (Phi) is 6.61. The van der Waals surface area contributed by atoms with Gasteiger partial charge in [-0.1, -0.05) is 48.5 Å². The van der Waals surface area contributed by atoms with Gasteiger partial charge in [-0.2, -0.15) is 4.72 Å². The Labute approximate surface area is 175 Å². The van der Waals surface area contributed by atoms with Gasteiger partial charge < -0.3 is 10.6 Å². The third kappa shape index (κ3) is 5.53. The molecule has 0 aliphatic heterocycles. The zero-order valence-electron chi connectivity index (χ0n) is 16.2. The van der Waals surface area contributed by atoms with Gasteiger partial charge in [-0.3, -0.25) is 9.59 Å². The Morgan fingerprint density at radius 1 is 0.733 bits per heavy atom. The average molecular weight is 423 g/mol. The lowest BCUT2D eigenvalue weighted by molar-refractivity contribution is -0.118. The second-order valence-corrected chi connectivity index (χ2v) is 8.24. The minimum Gasteiger partial charge on any atom is -0.326 e. The predicted molar refractivity (Wildman–Crippen MR) is 115 cm³/mol. The molecule has 0 bridgehead atoms. The van der Waals surface area contributed by atoms with Gasteiger partial charge in [0.05, 0.1) is 4.90 Å². The number of hydrogen-bond acceptors (Lipinski definition) is 4. The van der Waals surface area contributed by atoms with Crippen LogP contribution in [0.3, 0.4) is 0 Å². The summed E-state index contributed by atoms with van der Waals surface area (Å²) in [6, 6.07) is 22.0. The van der Waals surface area contributed by atoms with Gasteiger partial charge in [0.15, 0.2) is 0 Å². The van der Waals surface area contributed by atoms with Crippen LogP contribution in [0.15, 0.2) is 89.8 Å². The molecule has 0 fully saturated rings. The molecule has 0 aromatic heterocycles. The highest BCUT2D eigenvalue weighted by atomic mass is 32.2. The van der Waals surface area contributed by atoms with Crippen molar-refractivity contribution in [2.75, 3.05) is 10.6 Å². The number of sulfonamides is 1. The lowest BCUT2D eigenvalue weighted by Crippen LogP contribution is -2.37. The SMILES string of the molecule is CC(=O)Nc1ccc(S(=O)(=O)N[C@@H](C(=O)Nc2ccccc2)c2ccccc2)cc1. The lowest BCUT2D eigenvalue weighted by atomic mass is 10.1. The number of anilines is 2. The molecule has 0 aliphatic rings. The van der Waals surface area contributed by atoms with Gasteiger partial charge in [-0.05, 0) is 42.0 Å². The Hall–Kier alpha value is -3.49. The van der Waals surface area contributed by atoms with Crippen molar-refractivity contribution in [3.63, 3.8) is 0 Å². The summed E-state index contributed by atoms with van der Waals surface area (Å²) in [5.41, 5.74) is 1.54. The van der Waals surface area contributed by atoms with Crippen LogP contribution in [0.5, 0.6) is 0 Å². The maximum absolute atomic E-state index is 12.9. The van der Waals surface area contributed by atoms with E-state index >= 15 is 0 Å². The van der Waals surface area contributed by atoms with Crippen molar-refractivity contribution >= 4 is 33.2 Å². The largest absolute Gasteiger partial charge is 0.326 e. The molecule has 7 nitrogen and oxygen atoms in total. The summed E-state index contributed by atoms with van der Waals surface area (Å²) < 4.78 is 28.3. The van der Waals surface area contributed by atoms with E-state index in [4.69, 9.17) is 0 Å². The summed E-state index contributed by atoms with van der Waals surface area (Å²) in [6.07, 6.45) is 0. The van der Waals surface area contributed by atoms with Gasteiger partial charge in [0, 0.05) is 18.3 Å². The van der Waals surface area contributed by atoms with Crippen molar-refractivity contribution < 1.29 is 18.0 Å². The molecule has 3 aromatic rings. The Bertz CT molecular complexity index is 1120. The van der Waals surface area contributed by atoms with E-state index in [9.17, 15) is 18.0 Å². The van der Waals surface area contributed by atoms with Crippen molar-refractivity contribution in [2.45, 2.75) is 17.9 Å². The first-order valence-electron chi connectivity index (χ1n) is 9.16. The molecule has 0 saturated heterocycles. The highest BCUT2D eigenvalue weighted by Crippen LogP contribution is 2.21. The van der Waals surface area contributed by atoms with Crippen LogP contribution < -0.4 is 15.4 Å². The van der Waals surface area contributed by atoms with Crippen LogP contribution in [-0.4, -0.2) is 20.2 Å². The van der Waals surface area contributed by atoms with Crippen molar-refractivity contribution in [3.8, 4) is 0 Å². The number of carbonyl (C=O) groups is 2. The standard InChI is InChI=1S/C22H21N3O4S/c1-16(26)23-19-12-14-20(15-13-19)30(28,29)25-21(17-8-4-2-5-9-17)22(27)24-18-10-6-3-7-11-18/h2-15,21,25H,1H3,(H,23,26)(H,24,27)/t21-/m1/s1. The highest BCUT2D eigenvalue weighted by Gasteiger charge is 2.27. The van der Waals surface area contributed by atoms with Crippen molar-refractivity contribution in [2.24, 2.45) is 0 Å². The first kappa shape index (κ1) is 21.2. The summed E-state index contributed by atoms with van der Waals surface area (Å²) >= 11 is 0. The summed E-state index contributed by atoms with van der Waals surface area (Å²) in [5.74, 6) is -0.767. The normalized spacial score (nSPS) is 12.0. The molecule has 3 rings (SSSR count). The average Bonchev–Trinajstić information content (AvgIpc) is 2.73. The maximum Gasteiger partial charge on any atom is 0.247 e. The topological polar surface area (TPSA) is 104 Å². The first-order chi connectivity index (χ1) is 14.3. The van der Waals surface area contributed by atoms with E-state index in [2.05, 4.69) is 15.4 Å². The molecule has 0 spiro atoms. The molecular weight excluding hydrogens is 402 g/mol. The van der Waals surface area contributed by atoms with Crippen molar-refractivity contribution in [1.82, 2.24) is 4.72 Å². The molecule has 8 heteroatoms.